The maximum absolute atomic E-state index is 13.4. The Hall–Kier alpha value is -3.35. The number of fused-ring (bicyclic) bond motifs is 1. The summed E-state index contributed by atoms with van der Waals surface area (Å²) in [4.78, 5) is 42.7. The Morgan fingerprint density at radius 1 is 0.909 bits per heavy atom. The van der Waals surface area contributed by atoms with Crippen LogP contribution in [0.25, 0.3) is 0 Å². The van der Waals surface area contributed by atoms with E-state index in [0.29, 0.717) is 43.9 Å². The minimum Gasteiger partial charge on any atom is -0.484 e. The van der Waals surface area contributed by atoms with E-state index in [-0.39, 0.29) is 36.3 Å². The first-order valence-electron chi connectivity index (χ1n) is 11.7. The molecule has 33 heavy (non-hydrogen) atoms. The van der Waals surface area contributed by atoms with Gasteiger partial charge in [-0.2, -0.15) is 0 Å². The van der Waals surface area contributed by atoms with Gasteiger partial charge in [-0.1, -0.05) is 42.8 Å². The minimum atomic E-state index is -0.207. The first-order valence-corrected chi connectivity index (χ1v) is 11.7. The third-order valence-corrected chi connectivity index (χ3v) is 6.46. The van der Waals surface area contributed by atoms with E-state index in [1.807, 2.05) is 65.6 Å². The second kappa shape index (κ2) is 11.0. The van der Waals surface area contributed by atoms with Crippen molar-refractivity contribution in [1.29, 1.82) is 0 Å². The lowest BCUT2D eigenvalue weighted by atomic mass is 9.99. The van der Waals surface area contributed by atoms with E-state index < -0.39 is 0 Å². The molecule has 2 fully saturated rings. The molecule has 1 saturated carbocycles. The molecule has 2 aliphatic rings. The number of rotatable bonds is 4. The van der Waals surface area contributed by atoms with Crippen LogP contribution in [-0.2, 0) is 9.59 Å². The Labute approximate surface area is 194 Å². The third kappa shape index (κ3) is 5.72. The number of hydrogen-bond donors (Lipinski definition) is 1. The topological polar surface area (TPSA) is 79.0 Å². The predicted molar refractivity (Wildman–Crippen MR) is 125 cm³/mol. The Balaban J connectivity index is 1.46. The Morgan fingerprint density at radius 3 is 2.39 bits per heavy atom. The quantitative estimate of drug-likeness (QED) is 0.779. The normalized spacial score (nSPS) is 21.5. The van der Waals surface area contributed by atoms with Crippen molar-refractivity contribution < 1.29 is 19.1 Å². The summed E-state index contributed by atoms with van der Waals surface area (Å²) in [5.41, 5.74) is 0.627. The van der Waals surface area contributed by atoms with Crippen LogP contribution in [-0.4, -0.2) is 66.3 Å². The summed E-state index contributed by atoms with van der Waals surface area (Å²) in [6.07, 6.45) is 3.18. The largest absolute Gasteiger partial charge is 0.484 e. The third-order valence-electron chi connectivity index (χ3n) is 6.46. The molecule has 0 unspecified atom stereocenters. The van der Waals surface area contributed by atoms with Gasteiger partial charge in [0.15, 0.2) is 6.61 Å². The van der Waals surface area contributed by atoms with E-state index in [4.69, 9.17) is 4.74 Å². The molecule has 3 amide bonds. The summed E-state index contributed by atoms with van der Waals surface area (Å²) in [5, 5.41) is 3.00. The summed E-state index contributed by atoms with van der Waals surface area (Å²) in [6.45, 7) is 1.77. The molecule has 0 aromatic heterocycles. The number of para-hydroxylation sites is 1. The molecule has 2 aromatic rings. The highest BCUT2D eigenvalue weighted by atomic mass is 16.5. The molecule has 1 N–H and O–H groups in total. The molecule has 1 aliphatic carbocycles. The molecular weight excluding hydrogens is 418 g/mol. The smallest absolute Gasteiger partial charge is 0.260 e. The van der Waals surface area contributed by atoms with Crippen LogP contribution in [0, 0.1) is 5.92 Å². The Kier molecular flexibility index (Phi) is 7.60. The van der Waals surface area contributed by atoms with E-state index in [1.54, 1.807) is 4.90 Å². The SMILES string of the molecule is O=C1NCCN(C(=O)COc2ccccc2)CCCN(C(=O)c2ccccc2)[C@H]2CCC[C@@H]12. The van der Waals surface area contributed by atoms with Gasteiger partial charge in [0.25, 0.3) is 11.8 Å². The van der Waals surface area contributed by atoms with Crippen molar-refractivity contribution in [2.75, 3.05) is 32.8 Å². The highest BCUT2D eigenvalue weighted by molar-refractivity contribution is 5.95. The fourth-order valence-electron chi connectivity index (χ4n) is 4.78. The van der Waals surface area contributed by atoms with Gasteiger partial charge in [0.2, 0.25) is 5.91 Å². The van der Waals surface area contributed by atoms with Gasteiger partial charge in [-0.15, -0.1) is 0 Å². The van der Waals surface area contributed by atoms with Crippen LogP contribution in [0.15, 0.2) is 60.7 Å². The van der Waals surface area contributed by atoms with E-state index in [0.717, 1.165) is 19.3 Å². The van der Waals surface area contributed by atoms with E-state index in [1.165, 1.54) is 0 Å². The molecule has 7 heteroatoms. The molecule has 1 saturated heterocycles. The van der Waals surface area contributed by atoms with Crippen molar-refractivity contribution in [1.82, 2.24) is 15.1 Å². The molecule has 2 aromatic carbocycles. The molecule has 0 radical (unpaired) electrons. The number of amides is 3. The fourth-order valence-corrected chi connectivity index (χ4v) is 4.78. The highest BCUT2D eigenvalue weighted by Crippen LogP contribution is 2.31. The van der Waals surface area contributed by atoms with Crippen LogP contribution in [0.1, 0.15) is 36.0 Å². The van der Waals surface area contributed by atoms with E-state index >= 15 is 0 Å². The zero-order valence-electron chi connectivity index (χ0n) is 18.8. The van der Waals surface area contributed by atoms with Gasteiger partial charge in [-0.05, 0) is 43.5 Å². The van der Waals surface area contributed by atoms with Crippen molar-refractivity contribution in [3.8, 4) is 5.75 Å². The zero-order valence-corrected chi connectivity index (χ0v) is 18.8. The summed E-state index contributed by atoms with van der Waals surface area (Å²) in [7, 11) is 0. The maximum Gasteiger partial charge on any atom is 0.260 e. The summed E-state index contributed by atoms with van der Waals surface area (Å²) in [6, 6.07) is 18.3. The van der Waals surface area contributed by atoms with Crippen LogP contribution >= 0.6 is 0 Å². The highest BCUT2D eigenvalue weighted by Gasteiger charge is 2.39. The number of carbonyl (C=O) groups excluding carboxylic acids is 3. The molecule has 7 nitrogen and oxygen atoms in total. The lowest BCUT2D eigenvalue weighted by Gasteiger charge is -2.33. The number of ether oxygens (including phenoxy) is 1. The molecule has 0 bridgehead atoms. The van der Waals surface area contributed by atoms with Crippen LogP contribution in [0.5, 0.6) is 5.75 Å². The van der Waals surface area contributed by atoms with Crippen molar-refractivity contribution in [3.63, 3.8) is 0 Å². The first-order chi connectivity index (χ1) is 16.1. The number of carbonyl (C=O) groups is 3. The predicted octanol–water partition coefficient (Wildman–Crippen LogP) is 2.73. The number of hydrogen-bond acceptors (Lipinski definition) is 4. The number of nitrogens with zero attached hydrogens (tertiary/aromatic N) is 2. The van der Waals surface area contributed by atoms with Gasteiger partial charge >= 0.3 is 0 Å². The van der Waals surface area contributed by atoms with Gasteiger partial charge in [0, 0.05) is 37.8 Å². The lowest BCUT2D eigenvalue weighted by molar-refractivity contribution is -0.134. The Bertz CT molecular complexity index is 951. The molecule has 0 spiro atoms. The second-order valence-corrected chi connectivity index (χ2v) is 8.60. The minimum absolute atomic E-state index is 0.0294. The molecule has 4 rings (SSSR count). The monoisotopic (exact) mass is 449 g/mol. The summed E-state index contributed by atoms with van der Waals surface area (Å²) >= 11 is 0. The number of benzene rings is 2. The summed E-state index contributed by atoms with van der Waals surface area (Å²) in [5.74, 6) is 0.224. The molecule has 1 heterocycles. The van der Waals surface area contributed by atoms with E-state index in [9.17, 15) is 14.4 Å². The van der Waals surface area contributed by atoms with Crippen molar-refractivity contribution in [2.24, 2.45) is 5.92 Å². The molecule has 174 valence electrons. The van der Waals surface area contributed by atoms with Gasteiger partial charge in [-0.3, -0.25) is 14.4 Å². The first kappa shape index (κ1) is 22.8. The van der Waals surface area contributed by atoms with Crippen LogP contribution < -0.4 is 10.1 Å². The maximum atomic E-state index is 13.4. The fraction of sp³-hybridized carbons (Fsp3) is 0.423. The van der Waals surface area contributed by atoms with Crippen molar-refractivity contribution >= 4 is 17.7 Å². The standard InChI is InChI=1S/C26H31N3O4/c30-24(19-33-21-11-5-2-6-12-21)28-16-8-17-29(26(32)20-9-3-1-4-10-20)23-14-7-13-22(23)25(31)27-15-18-28/h1-6,9-12,22-23H,7-8,13-19H2,(H,27,31)/t22-,23+/m1/s1. The van der Waals surface area contributed by atoms with Gasteiger partial charge in [-0.25, -0.2) is 0 Å². The summed E-state index contributed by atoms with van der Waals surface area (Å²) < 4.78 is 5.63. The second-order valence-electron chi connectivity index (χ2n) is 8.60. The van der Waals surface area contributed by atoms with Crippen molar-refractivity contribution in [3.05, 3.63) is 66.2 Å². The van der Waals surface area contributed by atoms with Gasteiger partial charge < -0.3 is 19.9 Å². The zero-order chi connectivity index (χ0) is 23.0. The van der Waals surface area contributed by atoms with Crippen LogP contribution in [0.2, 0.25) is 0 Å². The van der Waals surface area contributed by atoms with Crippen LogP contribution in [0.4, 0.5) is 0 Å². The lowest BCUT2D eigenvalue weighted by Crippen LogP contribution is -2.47. The average Bonchev–Trinajstić information content (AvgIpc) is 3.33. The molecule has 2 atom stereocenters. The Morgan fingerprint density at radius 2 is 1.64 bits per heavy atom. The van der Waals surface area contributed by atoms with Gasteiger partial charge in [0.1, 0.15) is 5.75 Å². The number of nitrogens with one attached hydrogen (secondary N) is 1. The van der Waals surface area contributed by atoms with Crippen molar-refractivity contribution in [2.45, 2.75) is 31.7 Å². The average molecular weight is 450 g/mol. The molecular formula is C26H31N3O4. The molecule has 1 aliphatic heterocycles. The van der Waals surface area contributed by atoms with E-state index in [2.05, 4.69) is 5.32 Å². The van der Waals surface area contributed by atoms with Gasteiger partial charge in [0.05, 0.1) is 5.92 Å². The van der Waals surface area contributed by atoms with Crippen LogP contribution in [0.3, 0.4) is 0 Å².